The highest BCUT2D eigenvalue weighted by molar-refractivity contribution is 6.31. The molecule has 2 aromatic rings. The number of rotatable bonds is 7. The second-order valence-electron chi connectivity index (χ2n) is 7.38. The molecule has 1 aliphatic rings. The number of halogens is 1. The molecule has 4 nitrogen and oxygen atoms in total. The molecule has 1 aliphatic carbocycles. The van der Waals surface area contributed by atoms with Gasteiger partial charge >= 0.3 is 0 Å². The lowest BCUT2D eigenvalue weighted by molar-refractivity contribution is -0.127. The molecule has 0 saturated heterocycles. The van der Waals surface area contributed by atoms with Crippen LogP contribution >= 0.6 is 11.6 Å². The Morgan fingerprint density at radius 1 is 1.35 bits per heavy atom. The van der Waals surface area contributed by atoms with E-state index in [1.807, 2.05) is 40.8 Å². The Morgan fingerprint density at radius 2 is 2.04 bits per heavy atom. The van der Waals surface area contributed by atoms with Gasteiger partial charge in [-0.3, -0.25) is 9.48 Å². The molecule has 0 atom stereocenters. The molecule has 1 amide bonds. The smallest absolute Gasteiger partial charge is 0.247 e. The Labute approximate surface area is 160 Å². The number of aryl methyl sites for hydroxylation is 1. The van der Waals surface area contributed by atoms with Crippen LogP contribution in [-0.2, 0) is 17.9 Å². The molecule has 3 rings (SSSR count). The number of nitrogens with zero attached hydrogens (tertiary/aromatic N) is 3. The monoisotopic (exact) mass is 371 g/mol. The molecular formula is C21H26ClN3O. The number of hydrogen-bond acceptors (Lipinski definition) is 2. The highest BCUT2D eigenvalue weighted by Gasteiger charge is 2.31. The third-order valence-electron chi connectivity index (χ3n) is 4.51. The zero-order valence-corrected chi connectivity index (χ0v) is 16.4. The summed E-state index contributed by atoms with van der Waals surface area (Å²) in [6.45, 7) is 7.60. The van der Waals surface area contributed by atoms with Gasteiger partial charge in [-0.2, -0.15) is 5.10 Å². The Balaban J connectivity index is 1.74. The molecule has 26 heavy (non-hydrogen) atoms. The van der Waals surface area contributed by atoms with Gasteiger partial charge in [0, 0.05) is 30.8 Å². The minimum Gasteiger partial charge on any atom is -0.332 e. The van der Waals surface area contributed by atoms with Crippen molar-refractivity contribution in [3.8, 4) is 0 Å². The van der Waals surface area contributed by atoms with Gasteiger partial charge in [-0.15, -0.1) is 0 Å². The fourth-order valence-corrected chi connectivity index (χ4v) is 3.33. The minimum absolute atomic E-state index is 0.0310. The molecule has 0 bridgehead atoms. The van der Waals surface area contributed by atoms with E-state index in [0.717, 1.165) is 36.2 Å². The highest BCUT2D eigenvalue weighted by atomic mass is 35.5. The molecule has 1 aromatic heterocycles. The molecule has 0 N–H and O–H groups in total. The van der Waals surface area contributed by atoms with E-state index in [2.05, 4.69) is 31.1 Å². The lowest BCUT2D eigenvalue weighted by atomic mass is 10.2. The van der Waals surface area contributed by atoms with E-state index in [1.54, 1.807) is 6.08 Å². The van der Waals surface area contributed by atoms with Gasteiger partial charge in [-0.25, -0.2) is 0 Å². The SMILES string of the molecule is Cc1nn(CC(C)C)c(Cl)c1/C=C/C(=O)N(Cc1ccccc1)C1CC1. The third-order valence-corrected chi connectivity index (χ3v) is 4.91. The van der Waals surface area contributed by atoms with Gasteiger partial charge in [0.2, 0.25) is 5.91 Å². The van der Waals surface area contributed by atoms with Crippen LogP contribution in [0.2, 0.25) is 5.15 Å². The Morgan fingerprint density at radius 3 is 2.65 bits per heavy atom. The van der Waals surface area contributed by atoms with Crippen LogP contribution in [0.25, 0.3) is 6.08 Å². The van der Waals surface area contributed by atoms with Crippen LogP contribution in [0.1, 0.15) is 43.5 Å². The van der Waals surface area contributed by atoms with Crippen molar-refractivity contribution in [3.63, 3.8) is 0 Å². The highest BCUT2D eigenvalue weighted by Crippen LogP contribution is 2.29. The van der Waals surface area contributed by atoms with Crippen LogP contribution in [-0.4, -0.2) is 26.6 Å². The number of carbonyl (C=O) groups excluding carboxylic acids is 1. The number of benzene rings is 1. The van der Waals surface area contributed by atoms with E-state index in [-0.39, 0.29) is 5.91 Å². The summed E-state index contributed by atoms with van der Waals surface area (Å²) in [7, 11) is 0. The van der Waals surface area contributed by atoms with Crippen LogP contribution in [0.3, 0.4) is 0 Å². The van der Waals surface area contributed by atoms with Crippen molar-refractivity contribution >= 4 is 23.6 Å². The van der Waals surface area contributed by atoms with Crippen LogP contribution < -0.4 is 0 Å². The minimum atomic E-state index is 0.0310. The van der Waals surface area contributed by atoms with Crippen LogP contribution in [0, 0.1) is 12.8 Å². The summed E-state index contributed by atoms with van der Waals surface area (Å²) in [6, 6.07) is 10.5. The van der Waals surface area contributed by atoms with Gasteiger partial charge in [-0.05, 0) is 37.3 Å². The van der Waals surface area contributed by atoms with Gasteiger partial charge in [0.1, 0.15) is 5.15 Å². The summed E-state index contributed by atoms with van der Waals surface area (Å²) in [5.41, 5.74) is 2.83. The van der Waals surface area contributed by atoms with Gasteiger partial charge in [0.15, 0.2) is 0 Å². The maximum atomic E-state index is 12.8. The molecule has 1 fully saturated rings. The van der Waals surface area contributed by atoms with Gasteiger partial charge in [-0.1, -0.05) is 55.8 Å². The first-order valence-corrected chi connectivity index (χ1v) is 9.59. The lowest BCUT2D eigenvalue weighted by Crippen LogP contribution is -2.31. The van der Waals surface area contributed by atoms with E-state index in [4.69, 9.17) is 11.6 Å². The van der Waals surface area contributed by atoms with Gasteiger partial charge < -0.3 is 4.90 Å². The van der Waals surface area contributed by atoms with Crippen LogP contribution in [0.4, 0.5) is 0 Å². The maximum Gasteiger partial charge on any atom is 0.247 e. The predicted molar refractivity (Wildman–Crippen MR) is 106 cm³/mol. The van der Waals surface area contributed by atoms with Gasteiger partial charge in [0.05, 0.1) is 5.69 Å². The predicted octanol–water partition coefficient (Wildman–Crippen LogP) is 4.71. The van der Waals surface area contributed by atoms with Gasteiger partial charge in [0.25, 0.3) is 0 Å². The topological polar surface area (TPSA) is 38.1 Å². The normalized spacial score (nSPS) is 14.3. The zero-order chi connectivity index (χ0) is 18.7. The van der Waals surface area contributed by atoms with Crippen LogP contribution in [0.15, 0.2) is 36.4 Å². The quantitative estimate of drug-likeness (QED) is 0.661. The number of hydrogen-bond donors (Lipinski definition) is 0. The molecule has 0 spiro atoms. The van der Waals surface area contributed by atoms with Crippen molar-refractivity contribution in [2.45, 2.75) is 52.7 Å². The fraction of sp³-hybridized carbons (Fsp3) is 0.429. The molecule has 1 saturated carbocycles. The summed E-state index contributed by atoms with van der Waals surface area (Å²) in [5, 5.41) is 5.10. The van der Waals surface area contributed by atoms with Crippen molar-refractivity contribution < 1.29 is 4.79 Å². The van der Waals surface area contributed by atoms with Crippen LogP contribution in [0.5, 0.6) is 0 Å². The number of carbonyl (C=O) groups is 1. The molecule has 1 aromatic carbocycles. The van der Waals surface area contributed by atoms with E-state index in [0.29, 0.717) is 23.7 Å². The first-order valence-electron chi connectivity index (χ1n) is 9.21. The van der Waals surface area contributed by atoms with Crippen molar-refractivity contribution in [2.75, 3.05) is 0 Å². The molecule has 5 heteroatoms. The molecule has 0 radical (unpaired) electrons. The van der Waals surface area contributed by atoms with E-state index in [1.165, 1.54) is 0 Å². The summed E-state index contributed by atoms with van der Waals surface area (Å²) < 4.78 is 1.81. The van der Waals surface area contributed by atoms with E-state index >= 15 is 0 Å². The number of aromatic nitrogens is 2. The van der Waals surface area contributed by atoms with E-state index in [9.17, 15) is 4.79 Å². The molecular weight excluding hydrogens is 346 g/mol. The Hall–Kier alpha value is -2.07. The average molecular weight is 372 g/mol. The van der Waals surface area contributed by atoms with Crippen molar-refractivity contribution in [1.82, 2.24) is 14.7 Å². The van der Waals surface area contributed by atoms with Crippen molar-refractivity contribution in [1.29, 1.82) is 0 Å². The first kappa shape index (κ1) is 18.7. The molecule has 138 valence electrons. The first-order chi connectivity index (χ1) is 12.5. The van der Waals surface area contributed by atoms with Crippen molar-refractivity contribution in [3.05, 3.63) is 58.4 Å². The fourth-order valence-electron chi connectivity index (χ4n) is 3.03. The van der Waals surface area contributed by atoms with Crippen molar-refractivity contribution in [2.24, 2.45) is 5.92 Å². The maximum absolute atomic E-state index is 12.8. The second-order valence-corrected chi connectivity index (χ2v) is 7.74. The Kier molecular flexibility index (Phi) is 5.82. The standard InChI is InChI=1S/C21H26ClN3O/c1-15(2)13-25-21(22)19(16(3)23-25)11-12-20(26)24(18-9-10-18)14-17-7-5-4-6-8-17/h4-8,11-12,15,18H,9-10,13-14H2,1-3H3/b12-11+. The second kappa shape index (κ2) is 8.09. The lowest BCUT2D eigenvalue weighted by Gasteiger charge is -2.21. The summed E-state index contributed by atoms with van der Waals surface area (Å²) in [6.07, 6.45) is 5.61. The Bertz CT molecular complexity index is 791. The number of amides is 1. The molecule has 0 unspecified atom stereocenters. The molecule has 0 aliphatic heterocycles. The summed E-state index contributed by atoms with van der Waals surface area (Å²) >= 11 is 6.47. The summed E-state index contributed by atoms with van der Waals surface area (Å²) in [4.78, 5) is 14.7. The largest absolute Gasteiger partial charge is 0.332 e. The third kappa shape index (κ3) is 4.55. The molecule has 1 heterocycles. The van der Waals surface area contributed by atoms with E-state index < -0.39 is 0 Å². The zero-order valence-electron chi connectivity index (χ0n) is 15.7. The summed E-state index contributed by atoms with van der Waals surface area (Å²) in [5.74, 6) is 0.491. The average Bonchev–Trinajstić information content (AvgIpc) is 3.40.